The maximum atomic E-state index is 12.7. The van der Waals surface area contributed by atoms with Crippen molar-refractivity contribution in [2.24, 2.45) is 17.6 Å². The fraction of sp³-hybridized carbons (Fsp3) is 0.533. The second-order valence-electron chi connectivity index (χ2n) is 5.86. The highest BCUT2D eigenvalue weighted by molar-refractivity contribution is 7.89. The van der Waals surface area contributed by atoms with Crippen LogP contribution < -0.4 is 10.5 Å². The summed E-state index contributed by atoms with van der Waals surface area (Å²) in [6.07, 6.45) is 3.08. The van der Waals surface area contributed by atoms with Gasteiger partial charge in [0.05, 0.1) is 4.90 Å². The third kappa shape index (κ3) is 3.62. The van der Waals surface area contributed by atoms with E-state index in [4.69, 9.17) is 18.0 Å². The second kappa shape index (κ2) is 6.42. The predicted octanol–water partition coefficient (Wildman–Crippen LogP) is 2.42. The molecule has 1 aliphatic rings. The zero-order chi connectivity index (χ0) is 15.6. The zero-order valence-corrected chi connectivity index (χ0v) is 14.0. The average molecular weight is 326 g/mol. The Balaban J connectivity index is 2.29. The van der Waals surface area contributed by atoms with Crippen LogP contribution in [0.5, 0.6) is 0 Å². The smallest absolute Gasteiger partial charge is 0.241 e. The molecule has 6 heteroatoms. The third-order valence-electron chi connectivity index (χ3n) is 4.46. The number of nitrogens with two attached hydrogens (primary N) is 1. The molecule has 4 nitrogen and oxygen atoms in total. The molecule has 1 aliphatic carbocycles. The Hall–Kier alpha value is -0.980. The number of hydrogen-bond acceptors (Lipinski definition) is 3. The summed E-state index contributed by atoms with van der Waals surface area (Å²) in [5.41, 5.74) is 6.03. The summed E-state index contributed by atoms with van der Waals surface area (Å²) in [6.45, 7) is 4.28. The van der Waals surface area contributed by atoms with E-state index in [1.54, 1.807) is 24.3 Å². The van der Waals surface area contributed by atoms with Crippen molar-refractivity contribution in [1.29, 1.82) is 0 Å². The monoisotopic (exact) mass is 326 g/mol. The number of hydrogen-bond donors (Lipinski definition) is 2. The maximum absolute atomic E-state index is 12.7. The summed E-state index contributed by atoms with van der Waals surface area (Å²) in [4.78, 5) is 0.268. The molecule has 0 radical (unpaired) electrons. The van der Waals surface area contributed by atoms with Crippen molar-refractivity contribution < 1.29 is 8.42 Å². The van der Waals surface area contributed by atoms with Gasteiger partial charge in [-0.1, -0.05) is 57.1 Å². The lowest BCUT2D eigenvalue weighted by molar-refractivity contribution is 0.227. The van der Waals surface area contributed by atoms with Crippen molar-refractivity contribution in [3.63, 3.8) is 0 Å². The van der Waals surface area contributed by atoms with Crippen LogP contribution >= 0.6 is 12.2 Å². The largest absolute Gasteiger partial charge is 0.389 e. The van der Waals surface area contributed by atoms with Crippen molar-refractivity contribution in [3.05, 3.63) is 29.8 Å². The van der Waals surface area contributed by atoms with Gasteiger partial charge in [-0.25, -0.2) is 13.1 Å². The maximum Gasteiger partial charge on any atom is 0.241 e. The molecular formula is C15H22N2O2S2. The molecule has 1 aromatic rings. The van der Waals surface area contributed by atoms with Gasteiger partial charge in [0.25, 0.3) is 0 Å². The lowest BCUT2D eigenvalue weighted by atomic mass is 9.78. The van der Waals surface area contributed by atoms with E-state index >= 15 is 0 Å². The molecule has 0 spiro atoms. The Kier molecular flexibility index (Phi) is 5.01. The Morgan fingerprint density at radius 1 is 1.29 bits per heavy atom. The van der Waals surface area contributed by atoms with Crippen LogP contribution in [0.15, 0.2) is 29.2 Å². The molecule has 0 aliphatic heterocycles. The highest BCUT2D eigenvalue weighted by Gasteiger charge is 2.31. The van der Waals surface area contributed by atoms with Gasteiger partial charge in [-0.2, -0.15) is 0 Å². The summed E-state index contributed by atoms with van der Waals surface area (Å²) in [7, 11) is -3.61. The number of thiocarbonyl (C=S) groups is 1. The molecule has 116 valence electrons. The summed E-state index contributed by atoms with van der Waals surface area (Å²) in [5, 5.41) is 0. The van der Waals surface area contributed by atoms with Crippen LogP contribution in [0, 0.1) is 11.8 Å². The Bertz CT molecular complexity index is 628. The topological polar surface area (TPSA) is 72.2 Å². The van der Waals surface area contributed by atoms with Crippen molar-refractivity contribution in [2.75, 3.05) is 0 Å². The van der Waals surface area contributed by atoms with Gasteiger partial charge in [0.1, 0.15) is 4.99 Å². The molecule has 0 heterocycles. The normalized spacial score (nSPS) is 26.5. The summed E-state index contributed by atoms with van der Waals surface area (Å²) < 4.78 is 28.1. The van der Waals surface area contributed by atoms with E-state index in [9.17, 15) is 8.42 Å². The van der Waals surface area contributed by atoms with E-state index in [-0.39, 0.29) is 15.9 Å². The molecule has 1 saturated carbocycles. The first kappa shape index (κ1) is 16.4. The van der Waals surface area contributed by atoms with Crippen LogP contribution in [-0.2, 0) is 10.0 Å². The number of benzene rings is 1. The van der Waals surface area contributed by atoms with Gasteiger partial charge in [0.15, 0.2) is 0 Å². The van der Waals surface area contributed by atoms with E-state index in [1.807, 2.05) is 0 Å². The molecule has 2 rings (SSSR count). The van der Waals surface area contributed by atoms with Gasteiger partial charge in [-0.05, 0) is 24.3 Å². The first-order valence-corrected chi connectivity index (χ1v) is 9.13. The first-order chi connectivity index (χ1) is 9.83. The van der Waals surface area contributed by atoms with E-state index < -0.39 is 10.0 Å². The molecule has 1 aromatic carbocycles. The lowest BCUT2D eigenvalue weighted by Crippen LogP contribution is -2.44. The quantitative estimate of drug-likeness (QED) is 0.834. The van der Waals surface area contributed by atoms with E-state index in [0.29, 0.717) is 17.4 Å². The second-order valence-corrected chi connectivity index (χ2v) is 7.98. The van der Waals surface area contributed by atoms with Crippen LogP contribution in [0.2, 0.25) is 0 Å². The van der Waals surface area contributed by atoms with Crippen molar-refractivity contribution >= 4 is 27.2 Å². The van der Waals surface area contributed by atoms with Crippen LogP contribution in [0.25, 0.3) is 0 Å². The number of nitrogens with one attached hydrogen (secondary N) is 1. The Morgan fingerprint density at radius 3 is 2.62 bits per heavy atom. The molecule has 0 aromatic heterocycles. The van der Waals surface area contributed by atoms with Gasteiger partial charge < -0.3 is 5.73 Å². The minimum Gasteiger partial charge on any atom is -0.389 e. The van der Waals surface area contributed by atoms with Crippen LogP contribution in [0.4, 0.5) is 0 Å². The third-order valence-corrected chi connectivity index (χ3v) is 6.22. The van der Waals surface area contributed by atoms with Gasteiger partial charge in [-0.3, -0.25) is 0 Å². The first-order valence-electron chi connectivity index (χ1n) is 7.24. The molecule has 0 bridgehead atoms. The summed E-state index contributed by atoms with van der Waals surface area (Å²) in [6, 6.07) is 6.58. The van der Waals surface area contributed by atoms with E-state index in [1.165, 1.54) is 0 Å². The standard InChI is InChI=1S/C15H22N2O2S2/c1-10-6-5-8-13(11(10)2)17-21(18,19)14-9-4-3-7-12(14)15(16)20/h3-4,7,9-11,13,17H,5-6,8H2,1-2H3,(H2,16,20). The zero-order valence-electron chi connectivity index (χ0n) is 12.4. The highest BCUT2D eigenvalue weighted by Crippen LogP contribution is 2.30. The molecule has 3 unspecified atom stereocenters. The SMILES string of the molecule is CC1CCCC(NS(=O)(=O)c2ccccc2C(N)=S)C1C. The Labute approximate surface area is 132 Å². The van der Waals surface area contributed by atoms with Crippen molar-refractivity contribution in [1.82, 2.24) is 4.72 Å². The van der Waals surface area contributed by atoms with Crippen LogP contribution in [0.1, 0.15) is 38.7 Å². The lowest BCUT2D eigenvalue weighted by Gasteiger charge is -2.34. The summed E-state index contributed by atoms with van der Waals surface area (Å²) >= 11 is 4.95. The minimum absolute atomic E-state index is 0.0295. The average Bonchev–Trinajstić information content (AvgIpc) is 2.44. The van der Waals surface area contributed by atoms with Gasteiger partial charge >= 0.3 is 0 Å². The Morgan fingerprint density at radius 2 is 1.95 bits per heavy atom. The molecule has 0 amide bonds. The number of sulfonamides is 1. The van der Waals surface area contributed by atoms with Crippen LogP contribution in [-0.4, -0.2) is 19.4 Å². The van der Waals surface area contributed by atoms with Crippen molar-refractivity contribution in [2.45, 2.75) is 44.0 Å². The van der Waals surface area contributed by atoms with Gasteiger partial charge in [0.2, 0.25) is 10.0 Å². The van der Waals surface area contributed by atoms with Gasteiger partial charge in [-0.15, -0.1) is 0 Å². The predicted molar refractivity (Wildman–Crippen MR) is 88.6 cm³/mol. The highest BCUT2D eigenvalue weighted by atomic mass is 32.2. The van der Waals surface area contributed by atoms with Crippen LogP contribution in [0.3, 0.4) is 0 Å². The van der Waals surface area contributed by atoms with Crippen molar-refractivity contribution in [3.8, 4) is 0 Å². The molecule has 3 N–H and O–H groups in total. The number of rotatable bonds is 4. The molecule has 3 atom stereocenters. The van der Waals surface area contributed by atoms with E-state index in [2.05, 4.69) is 18.6 Å². The summed E-state index contributed by atoms with van der Waals surface area (Å²) in [5.74, 6) is 0.850. The van der Waals surface area contributed by atoms with E-state index in [0.717, 1.165) is 19.3 Å². The van der Waals surface area contributed by atoms with Gasteiger partial charge in [0, 0.05) is 11.6 Å². The molecule has 1 fully saturated rings. The molecule has 21 heavy (non-hydrogen) atoms. The fourth-order valence-electron chi connectivity index (χ4n) is 2.92. The molecule has 0 saturated heterocycles. The fourth-order valence-corrected chi connectivity index (χ4v) is 4.74. The molecular weight excluding hydrogens is 304 g/mol. The minimum atomic E-state index is -3.61.